The largest absolute Gasteiger partial charge is 0.456 e. The summed E-state index contributed by atoms with van der Waals surface area (Å²) in [5.41, 5.74) is 20.9. The van der Waals surface area contributed by atoms with Crippen LogP contribution in [0.3, 0.4) is 0 Å². The normalized spacial score (nSPS) is 13.1. The molecule has 2 aromatic heterocycles. The highest BCUT2D eigenvalue weighted by molar-refractivity contribution is 6.14. The summed E-state index contributed by atoms with van der Waals surface area (Å²) in [6, 6.07) is 84.5. The molecule has 3 nitrogen and oxygen atoms in total. The summed E-state index contributed by atoms with van der Waals surface area (Å²) in [5.74, 6) is 0. The fourth-order valence-corrected chi connectivity index (χ4v) is 11.4. The summed E-state index contributed by atoms with van der Waals surface area (Å²) >= 11 is 0. The van der Waals surface area contributed by atoms with E-state index in [4.69, 9.17) is 4.42 Å². The molecule has 0 saturated heterocycles. The molecule has 0 amide bonds. The summed E-state index contributed by atoms with van der Waals surface area (Å²) < 4.78 is 8.92. The van der Waals surface area contributed by atoms with E-state index in [-0.39, 0.29) is 0 Å². The summed E-state index contributed by atoms with van der Waals surface area (Å²) in [7, 11) is 0. The van der Waals surface area contributed by atoms with Gasteiger partial charge in [0.25, 0.3) is 0 Å². The summed E-state index contributed by atoms with van der Waals surface area (Å²) in [6.07, 6.45) is 0. The van der Waals surface area contributed by atoms with Gasteiger partial charge < -0.3 is 13.9 Å². The fraction of sp³-hybridized carbons (Fsp3) is 0.0164. The molecule has 2 aliphatic rings. The van der Waals surface area contributed by atoms with Gasteiger partial charge in [0.2, 0.25) is 0 Å². The Morgan fingerprint density at radius 3 is 1.66 bits per heavy atom. The number of hydrogen-bond acceptors (Lipinski definition) is 2. The standard InChI is InChI=1S/C61H38N2O/c1-2-15-41(16-3-1)63-55-25-12-7-20-48(55)49-35-31-40(37-57(49)63)39-29-32-42(33-30-39)62(56-26-14-28-59-60(56)50-21-8-13-27-58(50)64-59)43-34-36-47-46-19-6-11-24-53(46)61(54(47)38-43)51-22-9-4-17-44(51)45-18-5-10-23-52(45)61/h1-38H. The fourth-order valence-electron chi connectivity index (χ4n) is 11.4. The van der Waals surface area contributed by atoms with Crippen molar-refractivity contribution in [2.45, 2.75) is 5.41 Å². The van der Waals surface area contributed by atoms with Gasteiger partial charge in [-0.15, -0.1) is 0 Å². The van der Waals surface area contributed by atoms with Gasteiger partial charge in [0.1, 0.15) is 11.2 Å². The number of fused-ring (bicyclic) bond motifs is 16. The van der Waals surface area contributed by atoms with E-state index in [0.29, 0.717) is 0 Å². The van der Waals surface area contributed by atoms with Gasteiger partial charge in [-0.1, -0.05) is 164 Å². The van der Waals surface area contributed by atoms with Crippen molar-refractivity contribution in [3.8, 4) is 39.1 Å². The van der Waals surface area contributed by atoms with Gasteiger partial charge in [-0.3, -0.25) is 0 Å². The molecule has 3 heteroatoms. The van der Waals surface area contributed by atoms with Crippen LogP contribution in [0.15, 0.2) is 235 Å². The molecule has 0 N–H and O–H groups in total. The van der Waals surface area contributed by atoms with Crippen molar-refractivity contribution in [1.29, 1.82) is 0 Å². The molecule has 298 valence electrons. The minimum atomic E-state index is -0.458. The lowest BCUT2D eigenvalue weighted by Gasteiger charge is -2.32. The highest BCUT2D eigenvalue weighted by atomic mass is 16.3. The molecule has 0 unspecified atom stereocenters. The van der Waals surface area contributed by atoms with E-state index in [1.807, 2.05) is 6.07 Å². The number of anilines is 3. The molecule has 12 aromatic rings. The number of hydrogen-bond donors (Lipinski definition) is 0. The smallest absolute Gasteiger partial charge is 0.137 e. The quantitative estimate of drug-likeness (QED) is 0.173. The van der Waals surface area contributed by atoms with Crippen LogP contribution in [0.5, 0.6) is 0 Å². The van der Waals surface area contributed by atoms with Crippen molar-refractivity contribution in [2.24, 2.45) is 0 Å². The van der Waals surface area contributed by atoms with Gasteiger partial charge >= 0.3 is 0 Å². The van der Waals surface area contributed by atoms with Crippen LogP contribution in [-0.2, 0) is 5.41 Å². The van der Waals surface area contributed by atoms with E-state index in [1.54, 1.807) is 0 Å². The maximum absolute atomic E-state index is 6.53. The first-order chi connectivity index (χ1) is 31.8. The minimum Gasteiger partial charge on any atom is -0.456 e. The van der Waals surface area contributed by atoms with Gasteiger partial charge in [-0.2, -0.15) is 0 Å². The molecule has 0 saturated carbocycles. The zero-order chi connectivity index (χ0) is 41.9. The number of nitrogens with zero attached hydrogens (tertiary/aromatic N) is 2. The Morgan fingerprint density at radius 1 is 0.359 bits per heavy atom. The van der Waals surface area contributed by atoms with Crippen molar-refractivity contribution >= 4 is 60.8 Å². The first-order valence-corrected chi connectivity index (χ1v) is 22.1. The molecule has 0 bridgehead atoms. The molecule has 0 aliphatic heterocycles. The number of rotatable bonds is 5. The van der Waals surface area contributed by atoms with Gasteiger partial charge in [0.15, 0.2) is 0 Å². The van der Waals surface area contributed by atoms with Crippen LogP contribution in [0.1, 0.15) is 22.3 Å². The lowest BCUT2D eigenvalue weighted by molar-refractivity contribution is 0.669. The van der Waals surface area contributed by atoms with Gasteiger partial charge in [-0.25, -0.2) is 0 Å². The second-order valence-corrected chi connectivity index (χ2v) is 17.2. The van der Waals surface area contributed by atoms with Crippen LogP contribution in [-0.4, -0.2) is 4.57 Å². The lowest BCUT2D eigenvalue weighted by Crippen LogP contribution is -2.26. The van der Waals surface area contributed by atoms with E-state index >= 15 is 0 Å². The third-order valence-corrected chi connectivity index (χ3v) is 14.0. The van der Waals surface area contributed by atoms with Gasteiger partial charge in [-0.05, 0) is 122 Å². The predicted octanol–water partition coefficient (Wildman–Crippen LogP) is 16.2. The zero-order valence-electron chi connectivity index (χ0n) is 34.7. The van der Waals surface area contributed by atoms with Crippen LogP contribution in [0.2, 0.25) is 0 Å². The molecule has 64 heavy (non-hydrogen) atoms. The predicted molar refractivity (Wildman–Crippen MR) is 264 cm³/mol. The maximum atomic E-state index is 6.53. The van der Waals surface area contributed by atoms with E-state index in [9.17, 15) is 0 Å². The Kier molecular flexibility index (Phi) is 7.32. The van der Waals surface area contributed by atoms with Crippen molar-refractivity contribution < 1.29 is 4.42 Å². The SMILES string of the molecule is c1ccc(-n2c3ccccc3c3ccc(-c4ccc(N(c5ccc6c(c5)C5(c7ccccc7-c7ccccc75)c5ccccc5-6)c5cccc6oc7ccccc7c56)cc4)cc32)cc1. The highest BCUT2D eigenvalue weighted by Gasteiger charge is 2.51. The third kappa shape index (κ3) is 4.76. The Morgan fingerprint density at radius 2 is 0.922 bits per heavy atom. The molecule has 1 spiro atoms. The second-order valence-electron chi connectivity index (χ2n) is 17.2. The molecular formula is C61H38N2O. The van der Waals surface area contributed by atoms with E-state index in [1.165, 1.54) is 71.9 Å². The number of para-hydroxylation sites is 3. The molecule has 2 aliphatic carbocycles. The maximum Gasteiger partial charge on any atom is 0.137 e. The van der Waals surface area contributed by atoms with Crippen LogP contribution in [0.4, 0.5) is 17.1 Å². The van der Waals surface area contributed by atoms with Gasteiger partial charge in [0, 0.05) is 33.2 Å². The molecule has 0 fully saturated rings. The summed E-state index contributed by atoms with van der Waals surface area (Å²) in [6.45, 7) is 0. The highest BCUT2D eigenvalue weighted by Crippen LogP contribution is 2.63. The van der Waals surface area contributed by atoms with Crippen molar-refractivity contribution in [3.05, 3.63) is 253 Å². The monoisotopic (exact) mass is 814 g/mol. The minimum absolute atomic E-state index is 0.458. The average molecular weight is 815 g/mol. The first-order valence-electron chi connectivity index (χ1n) is 22.1. The Hall–Kier alpha value is -8.40. The van der Waals surface area contributed by atoms with E-state index < -0.39 is 5.41 Å². The van der Waals surface area contributed by atoms with Crippen molar-refractivity contribution in [1.82, 2.24) is 4.57 Å². The van der Waals surface area contributed by atoms with Crippen molar-refractivity contribution in [2.75, 3.05) is 4.90 Å². The summed E-state index contributed by atoms with van der Waals surface area (Å²) in [4.78, 5) is 2.44. The zero-order valence-corrected chi connectivity index (χ0v) is 34.7. The van der Waals surface area contributed by atoms with Crippen LogP contribution < -0.4 is 4.90 Å². The van der Waals surface area contributed by atoms with Gasteiger partial charge in [0.05, 0.1) is 27.5 Å². The van der Waals surface area contributed by atoms with Crippen LogP contribution >= 0.6 is 0 Å². The molecule has 2 heterocycles. The number of benzene rings is 10. The number of aromatic nitrogens is 1. The molecule has 10 aromatic carbocycles. The van der Waals surface area contributed by atoms with E-state index in [2.05, 4.69) is 234 Å². The summed E-state index contributed by atoms with van der Waals surface area (Å²) in [5, 5.41) is 4.69. The van der Waals surface area contributed by atoms with Crippen molar-refractivity contribution in [3.63, 3.8) is 0 Å². The topological polar surface area (TPSA) is 21.3 Å². The van der Waals surface area contributed by atoms with E-state index in [0.717, 1.165) is 50.3 Å². The molecular weight excluding hydrogens is 777 g/mol. The third-order valence-electron chi connectivity index (χ3n) is 14.0. The molecule has 14 rings (SSSR count). The second kappa shape index (κ2) is 13.3. The molecule has 0 radical (unpaired) electrons. The first kappa shape index (κ1) is 35.2. The Labute approximate surface area is 370 Å². The Bertz CT molecular complexity index is 3790. The average Bonchev–Trinajstić information content (AvgIpc) is 4.08. The Balaban J connectivity index is 0.980. The van der Waals surface area contributed by atoms with Crippen LogP contribution in [0.25, 0.3) is 82.8 Å². The van der Waals surface area contributed by atoms with Crippen LogP contribution in [0, 0.1) is 0 Å². The molecule has 0 atom stereocenters. The lowest BCUT2D eigenvalue weighted by atomic mass is 9.70. The number of furan rings is 1.